The van der Waals surface area contributed by atoms with E-state index in [0.29, 0.717) is 22.0 Å². The summed E-state index contributed by atoms with van der Waals surface area (Å²) in [6, 6.07) is 5.68. The number of amides is 2. The van der Waals surface area contributed by atoms with Crippen molar-refractivity contribution in [3.63, 3.8) is 0 Å². The van der Waals surface area contributed by atoms with Crippen molar-refractivity contribution in [3.05, 3.63) is 46.1 Å². The third-order valence-electron chi connectivity index (χ3n) is 4.59. The molecule has 2 heterocycles. The molecule has 0 aliphatic carbocycles. The quantitative estimate of drug-likeness (QED) is 0.332. The summed E-state index contributed by atoms with van der Waals surface area (Å²) in [5, 5.41) is 13.1. The van der Waals surface area contributed by atoms with Crippen LogP contribution in [0.5, 0.6) is 0 Å². The average Bonchev–Trinajstić information content (AvgIpc) is 3.13. The number of aliphatic hydroxyl groups is 1. The second kappa shape index (κ2) is 7.25. The molecule has 4 N–H and O–H groups in total. The Morgan fingerprint density at radius 3 is 2.30 bits per heavy atom. The van der Waals surface area contributed by atoms with Crippen LogP contribution < -0.4 is 5.32 Å². The number of halogens is 2. The molecule has 4 rings (SSSR count). The van der Waals surface area contributed by atoms with E-state index in [2.05, 4.69) is 10.3 Å². The van der Waals surface area contributed by atoms with Crippen molar-refractivity contribution in [1.29, 1.82) is 0 Å². The van der Waals surface area contributed by atoms with Crippen LogP contribution in [0.1, 0.15) is 0 Å². The number of H-pyrrole nitrogens is 1. The van der Waals surface area contributed by atoms with E-state index in [0.717, 1.165) is 17.0 Å². The molecular formula is C18H13Cl2N3O6S. The second-order valence-corrected chi connectivity index (χ2v) is 8.77. The third-order valence-corrected chi connectivity index (χ3v) is 5.90. The minimum absolute atomic E-state index is 0.0382. The van der Waals surface area contributed by atoms with E-state index in [-0.39, 0.29) is 34.4 Å². The summed E-state index contributed by atoms with van der Waals surface area (Å²) in [7, 11) is -4.58. The monoisotopic (exact) mass is 469 g/mol. The fourth-order valence-electron chi connectivity index (χ4n) is 3.36. The van der Waals surface area contributed by atoms with Crippen molar-refractivity contribution in [1.82, 2.24) is 9.88 Å². The first-order chi connectivity index (χ1) is 14.1. The second-order valence-electron chi connectivity index (χ2n) is 6.50. The van der Waals surface area contributed by atoms with Gasteiger partial charge in [0.2, 0.25) is 0 Å². The highest BCUT2D eigenvalue weighted by Crippen LogP contribution is 2.38. The molecule has 3 aromatic rings. The zero-order chi connectivity index (χ0) is 21.8. The van der Waals surface area contributed by atoms with Crippen LogP contribution in [0.4, 0.5) is 5.69 Å². The summed E-state index contributed by atoms with van der Waals surface area (Å²) < 4.78 is 33.2. The lowest BCUT2D eigenvalue weighted by molar-refractivity contribution is -0.137. The Hall–Kier alpha value is -2.63. The van der Waals surface area contributed by atoms with Crippen molar-refractivity contribution in [2.24, 2.45) is 0 Å². The Labute approximate surface area is 179 Å². The largest absolute Gasteiger partial charge is 0.395 e. The topological polar surface area (TPSA) is 140 Å². The number of carbonyl (C=O) groups excluding carboxylic acids is 2. The summed E-state index contributed by atoms with van der Waals surface area (Å²) in [5.74, 6) is -1.20. The Kier molecular flexibility index (Phi) is 4.99. The fraction of sp³-hybridized carbons (Fsp3) is 0.111. The number of hydrogen-bond acceptors (Lipinski definition) is 6. The van der Waals surface area contributed by atoms with E-state index in [1.807, 2.05) is 0 Å². The Morgan fingerprint density at radius 1 is 1.03 bits per heavy atom. The molecule has 30 heavy (non-hydrogen) atoms. The molecular weight excluding hydrogens is 457 g/mol. The van der Waals surface area contributed by atoms with Gasteiger partial charge in [-0.25, -0.2) is 0 Å². The van der Waals surface area contributed by atoms with E-state index in [9.17, 15) is 22.6 Å². The number of benzene rings is 2. The predicted octanol–water partition coefficient (Wildman–Crippen LogP) is 2.53. The maximum atomic E-state index is 12.4. The molecule has 0 radical (unpaired) electrons. The number of rotatable bonds is 5. The lowest BCUT2D eigenvalue weighted by atomic mass is 10.1. The number of carbonyl (C=O) groups is 2. The molecule has 0 unspecified atom stereocenters. The van der Waals surface area contributed by atoms with Gasteiger partial charge >= 0.3 is 0 Å². The maximum Gasteiger partial charge on any atom is 0.296 e. The van der Waals surface area contributed by atoms with Crippen LogP contribution in [0, 0.1) is 0 Å². The highest BCUT2D eigenvalue weighted by molar-refractivity contribution is 7.86. The summed E-state index contributed by atoms with van der Waals surface area (Å²) in [6.45, 7) is -0.520. The molecule has 0 atom stereocenters. The molecule has 0 bridgehead atoms. The normalized spacial score (nSPS) is 14.8. The molecule has 2 aromatic carbocycles. The number of nitrogens with zero attached hydrogens (tertiary/aromatic N) is 1. The van der Waals surface area contributed by atoms with Gasteiger partial charge in [-0.2, -0.15) is 8.42 Å². The van der Waals surface area contributed by atoms with Crippen LogP contribution in [0.3, 0.4) is 0 Å². The number of anilines is 1. The number of imide groups is 1. The van der Waals surface area contributed by atoms with Gasteiger partial charge in [0.1, 0.15) is 10.6 Å². The van der Waals surface area contributed by atoms with Gasteiger partial charge in [0, 0.05) is 26.9 Å². The van der Waals surface area contributed by atoms with Gasteiger partial charge < -0.3 is 15.4 Å². The molecule has 9 nitrogen and oxygen atoms in total. The van der Waals surface area contributed by atoms with E-state index in [1.54, 1.807) is 6.07 Å². The van der Waals surface area contributed by atoms with Gasteiger partial charge in [-0.15, -0.1) is 0 Å². The van der Waals surface area contributed by atoms with Crippen molar-refractivity contribution in [3.8, 4) is 0 Å². The van der Waals surface area contributed by atoms with Gasteiger partial charge in [0.05, 0.1) is 29.9 Å². The predicted molar refractivity (Wildman–Crippen MR) is 111 cm³/mol. The number of aromatic amines is 1. The van der Waals surface area contributed by atoms with Crippen LogP contribution in [0.15, 0.2) is 40.9 Å². The number of β-amino-alcohol motifs (C(OH)–C–C–N with tert-alkyl or cyclic N) is 1. The van der Waals surface area contributed by atoms with Gasteiger partial charge in [0.25, 0.3) is 21.9 Å². The third kappa shape index (κ3) is 3.42. The van der Waals surface area contributed by atoms with Crippen LogP contribution in [-0.2, 0) is 19.7 Å². The summed E-state index contributed by atoms with van der Waals surface area (Å²) in [6.07, 6.45) is 1.09. The number of hydrogen-bond donors (Lipinski definition) is 4. The van der Waals surface area contributed by atoms with Crippen LogP contribution >= 0.6 is 23.2 Å². The first-order valence-corrected chi connectivity index (χ1v) is 10.7. The minimum Gasteiger partial charge on any atom is -0.395 e. The lowest BCUT2D eigenvalue weighted by Gasteiger charge is -2.14. The molecule has 0 saturated carbocycles. The van der Waals surface area contributed by atoms with Crippen LogP contribution in [-0.4, -0.2) is 52.9 Å². The molecule has 0 spiro atoms. The number of nitrogens with one attached hydrogen (secondary N) is 2. The van der Waals surface area contributed by atoms with E-state index in [4.69, 9.17) is 28.3 Å². The van der Waals surface area contributed by atoms with Crippen LogP contribution in [0.2, 0.25) is 10.0 Å². The standard InChI is InChI=1S/C18H13Cl2N3O6S/c19-8-3-10-11-4-9(20)6-14(30(27,28)29)17(11)22-16(10)12(5-8)21-13-7-15(25)23(1-2-24)18(13)26/h3-7,21-22,24H,1-2H2,(H,27,28,29). The SMILES string of the molecule is O=C1C=C(Nc2cc(Cl)cc3c2[nH]c2c(S(=O)(=O)O)cc(Cl)cc23)C(=O)N1CCO. The molecule has 12 heteroatoms. The molecule has 1 aliphatic rings. The smallest absolute Gasteiger partial charge is 0.296 e. The Morgan fingerprint density at radius 2 is 1.67 bits per heavy atom. The zero-order valence-corrected chi connectivity index (χ0v) is 17.3. The summed E-state index contributed by atoms with van der Waals surface area (Å²) >= 11 is 12.2. The molecule has 0 fully saturated rings. The number of fused-ring (bicyclic) bond motifs is 3. The number of aliphatic hydroxyl groups excluding tert-OH is 1. The van der Waals surface area contributed by atoms with Gasteiger partial charge in [0.15, 0.2) is 0 Å². The molecule has 156 valence electrons. The molecule has 2 amide bonds. The number of aromatic nitrogens is 1. The van der Waals surface area contributed by atoms with E-state index >= 15 is 0 Å². The van der Waals surface area contributed by atoms with Gasteiger partial charge in [-0.1, -0.05) is 23.2 Å². The van der Waals surface area contributed by atoms with E-state index in [1.165, 1.54) is 12.1 Å². The van der Waals surface area contributed by atoms with Gasteiger partial charge in [-0.05, 0) is 24.3 Å². The lowest BCUT2D eigenvalue weighted by Crippen LogP contribution is -2.34. The molecule has 1 aliphatic heterocycles. The van der Waals surface area contributed by atoms with Crippen molar-refractivity contribution < 1.29 is 27.7 Å². The molecule has 0 saturated heterocycles. The van der Waals surface area contributed by atoms with E-state index < -0.39 is 26.8 Å². The Balaban J connectivity index is 1.90. The maximum absolute atomic E-state index is 12.4. The highest BCUT2D eigenvalue weighted by atomic mass is 35.5. The fourth-order valence-corrected chi connectivity index (χ4v) is 4.56. The minimum atomic E-state index is -4.58. The van der Waals surface area contributed by atoms with Crippen molar-refractivity contribution in [2.75, 3.05) is 18.5 Å². The summed E-state index contributed by atoms with van der Waals surface area (Å²) in [4.78, 5) is 27.8. The van der Waals surface area contributed by atoms with Crippen molar-refractivity contribution >= 4 is 72.6 Å². The average molecular weight is 470 g/mol. The van der Waals surface area contributed by atoms with Gasteiger partial charge in [-0.3, -0.25) is 19.0 Å². The molecule has 1 aromatic heterocycles. The van der Waals surface area contributed by atoms with Crippen LogP contribution in [0.25, 0.3) is 21.8 Å². The highest BCUT2D eigenvalue weighted by Gasteiger charge is 2.31. The first-order valence-electron chi connectivity index (χ1n) is 8.47. The Bertz CT molecular complexity index is 1380. The summed E-state index contributed by atoms with van der Waals surface area (Å²) in [5.41, 5.74) is 0.739. The first kappa shape index (κ1) is 20.6. The van der Waals surface area contributed by atoms with Crippen molar-refractivity contribution in [2.45, 2.75) is 4.90 Å². The zero-order valence-electron chi connectivity index (χ0n) is 14.9.